The molecule has 3 aromatic rings. The molecule has 1 aliphatic rings. The lowest BCUT2D eigenvalue weighted by atomic mass is 10.1. The van der Waals surface area contributed by atoms with Gasteiger partial charge >= 0.3 is 0 Å². The highest BCUT2D eigenvalue weighted by Gasteiger charge is 2.20. The summed E-state index contributed by atoms with van der Waals surface area (Å²) in [6.45, 7) is 9.76. The largest absolute Gasteiger partial charge is 0.492 e. The van der Waals surface area contributed by atoms with Gasteiger partial charge in [0.25, 0.3) is 0 Å². The molecule has 1 aliphatic heterocycles. The van der Waals surface area contributed by atoms with Crippen molar-refractivity contribution in [3.05, 3.63) is 41.9 Å². The Morgan fingerprint density at radius 2 is 1.74 bits per heavy atom. The van der Waals surface area contributed by atoms with Gasteiger partial charge in [-0.15, -0.1) is 0 Å². The van der Waals surface area contributed by atoms with Crippen LogP contribution in [0.25, 0.3) is 11.0 Å². The van der Waals surface area contributed by atoms with Crippen LogP contribution in [0.3, 0.4) is 0 Å². The van der Waals surface area contributed by atoms with E-state index in [1.54, 1.807) is 11.0 Å². The molecule has 142 valence electrons. The molecule has 1 fully saturated rings. The zero-order valence-electron chi connectivity index (χ0n) is 16.2. The summed E-state index contributed by atoms with van der Waals surface area (Å²) in [5.41, 5.74) is 3.36. The van der Waals surface area contributed by atoms with Gasteiger partial charge in [-0.25, -0.2) is 9.97 Å². The highest BCUT2D eigenvalue weighted by atomic mass is 16.5. The van der Waals surface area contributed by atoms with Crippen LogP contribution in [0, 0.1) is 13.8 Å². The fraction of sp³-hybridized carbons (Fsp3) is 0.450. The van der Waals surface area contributed by atoms with Gasteiger partial charge < -0.3 is 9.64 Å². The predicted molar refractivity (Wildman–Crippen MR) is 106 cm³/mol. The van der Waals surface area contributed by atoms with Crippen LogP contribution in [0.5, 0.6) is 5.75 Å². The fourth-order valence-electron chi connectivity index (χ4n) is 3.69. The van der Waals surface area contributed by atoms with E-state index in [0.717, 1.165) is 55.3 Å². The minimum atomic E-state index is 0.712. The summed E-state index contributed by atoms with van der Waals surface area (Å²) in [5, 5.41) is 5.33. The highest BCUT2D eigenvalue weighted by molar-refractivity contribution is 5.86. The van der Waals surface area contributed by atoms with Gasteiger partial charge in [-0.1, -0.05) is 6.07 Å². The minimum absolute atomic E-state index is 0.712. The number of hydrogen-bond acceptors (Lipinski definition) is 6. The summed E-state index contributed by atoms with van der Waals surface area (Å²) in [5.74, 6) is 1.95. The topological polar surface area (TPSA) is 59.3 Å². The summed E-state index contributed by atoms with van der Waals surface area (Å²) < 4.78 is 7.75. The summed E-state index contributed by atoms with van der Waals surface area (Å²) in [6, 6.07) is 6.36. The molecule has 7 heteroatoms. The third-order valence-corrected chi connectivity index (χ3v) is 5.05. The molecule has 0 atom stereocenters. The number of fused-ring (bicyclic) bond motifs is 1. The van der Waals surface area contributed by atoms with Crippen molar-refractivity contribution >= 4 is 16.9 Å². The average Bonchev–Trinajstić information content (AvgIpc) is 3.03. The van der Waals surface area contributed by atoms with E-state index in [9.17, 15) is 0 Å². The standard InChI is InChI=1S/C20H26N6O/c1-15-10-16(2)12-17(11-15)27-9-8-25-4-6-26(7-5-25)20-18-13-23-24(3)19(18)21-14-22-20/h10-14H,4-9H2,1-3H3. The number of aromatic nitrogens is 4. The van der Waals surface area contributed by atoms with Crippen LogP contribution in [0.1, 0.15) is 11.1 Å². The Kier molecular flexibility index (Phi) is 4.94. The first-order valence-corrected chi connectivity index (χ1v) is 9.41. The zero-order chi connectivity index (χ0) is 18.8. The summed E-state index contributed by atoms with van der Waals surface area (Å²) >= 11 is 0. The Hall–Kier alpha value is -2.67. The molecule has 0 spiro atoms. The van der Waals surface area contributed by atoms with E-state index < -0.39 is 0 Å². The maximum atomic E-state index is 5.96. The Bertz CT molecular complexity index is 909. The van der Waals surface area contributed by atoms with Crippen LogP contribution >= 0.6 is 0 Å². The second-order valence-corrected chi connectivity index (χ2v) is 7.20. The van der Waals surface area contributed by atoms with Crippen molar-refractivity contribution in [2.75, 3.05) is 44.2 Å². The summed E-state index contributed by atoms with van der Waals surface area (Å²) in [7, 11) is 1.91. The van der Waals surface area contributed by atoms with Crippen LogP contribution < -0.4 is 9.64 Å². The second-order valence-electron chi connectivity index (χ2n) is 7.20. The van der Waals surface area contributed by atoms with Crippen LogP contribution in [-0.4, -0.2) is 64.0 Å². The monoisotopic (exact) mass is 366 g/mol. The minimum Gasteiger partial charge on any atom is -0.492 e. The normalized spacial score (nSPS) is 15.4. The maximum absolute atomic E-state index is 5.96. The number of ether oxygens (including phenoxy) is 1. The summed E-state index contributed by atoms with van der Waals surface area (Å²) in [4.78, 5) is 13.6. The fourth-order valence-corrected chi connectivity index (χ4v) is 3.69. The number of benzene rings is 1. The Morgan fingerprint density at radius 3 is 2.48 bits per heavy atom. The van der Waals surface area contributed by atoms with Gasteiger partial charge in [-0.2, -0.15) is 5.10 Å². The van der Waals surface area contributed by atoms with E-state index in [-0.39, 0.29) is 0 Å². The van der Waals surface area contributed by atoms with Crippen molar-refractivity contribution in [2.45, 2.75) is 13.8 Å². The molecular formula is C20H26N6O. The first kappa shape index (κ1) is 17.7. The van der Waals surface area contributed by atoms with Crippen LogP contribution in [-0.2, 0) is 7.05 Å². The molecule has 4 rings (SSSR count). The lowest BCUT2D eigenvalue weighted by molar-refractivity contribution is 0.200. The molecule has 1 aromatic carbocycles. The highest BCUT2D eigenvalue weighted by Crippen LogP contribution is 2.23. The van der Waals surface area contributed by atoms with E-state index in [1.807, 2.05) is 13.2 Å². The lowest BCUT2D eigenvalue weighted by Gasteiger charge is -2.35. The molecule has 0 saturated carbocycles. The molecule has 0 aliphatic carbocycles. The molecule has 0 bridgehead atoms. The number of hydrogen-bond donors (Lipinski definition) is 0. The maximum Gasteiger partial charge on any atom is 0.163 e. The van der Waals surface area contributed by atoms with E-state index >= 15 is 0 Å². The van der Waals surface area contributed by atoms with Gasteiger partial charge in [0.05, 0.1) is 11.6 Å². The third kappa shape index (κ3) is 3.88. The quantitative estimate of drug-likeness (QED) is 0.690. The molecule has 0 N–H and O–H groups in total. The Morgan fingerprint density at radius 1 is 1.00 bits per heavy atom. The van der Waals surface area contributed by atoms with Crippen LogP contribution in [0.4, 0.5) is 5.82 Å². The molecule has 1 saturated heterocycles. The van der Waals surface area contributed by atoms with Crippen molar-refractivity contribution in [3.8, 4) is 5.75 Å². The van der Waals surface area contributed by atoms with Crippen molar-refractivity contribution in [3.63, 3.8) is 0 Å². The number of aryl methyl sites for hydroxylation is 3. The van der Waals surface area contributed by atoms with Crippen molar-refractivity contribution in [2.24, 2.45) is 7.05 Å². The molecular weight excluding hydrogens is 340 g/mol. The molecule has 0 radical (unpaired) electrons. The first-order chi connectivity index (χ1) is 13.1. The second kappa shape index (κ2) is 7.52. The van der Waals surface area contributed by atoms with Crippen LogP contribution in [0.2, 0.25) is 0 Å². The first-order valence-electron chi connectivity index (χ1n) is 9.41. The van der Waals surface area contributed by atoms with Crippen LogP contribution in [0.15, 0.2) is 30.7 Å². The number of nitrogens with zero attached hydrogens (tertiary/aromatic N) is 6. The van der Waals surface area contributed by atoms with Gasteiger partial charge in [-0.3, -0.25) is 9.58 Å². The zero-order valence-corrected chi connectivity index (χ0v) is 16.2. The molecule has 0 amide bonds. The SMILES string of the molecule is Cc1cc(C)cc(OCCN2CCN(c3ncnc4c3cnn4C)CC2)c1. The predicted octanol–water partition coefficient (Wildman–Crippen LogP) is 2.18. The number of rotatable bonds is 5. The van der Waals surface area contributed by atoms with E-state index in [2.05, 4.69) is 56.9 Å². The smallest absolute Gasteiger partial charge is 0.163 e. The third-order valence-electron chi connectivity index (χ3n) is 5.05. The lowest BCUT2D eigenvalue weighted by Crippen LogP contribution is -2.47. The average molecular weight is 366 g/mol. The van der Waals surface area contributed by atoms with Gasteiger partial charge in [0, 0.05) is 39.8 Å². The Labute approximate surface area is 159 Å². The molecule has 3 heterocycles. The van der Waals surface area contributed by atoms with E-state index in [0.29, 0.717) is 6.61 Å². The van der Waals surface area contributed by atoms with Gasteiger partial charge in [0.15, 0.2) is 5.65 Å². The molecule has 0 unspecified atom stereocenters. The van der Waals surface area contributed by atoms with Gasteiger partial charge in [-0.05, 0) is 37.1 Å². The molecule has 7 nitrogen and oxygen atoms in total. The van der Waals surface area contributed by atoms with E-state index in [1.165, 1.54) is 11.1 Å². The van der Waals surface area contributed by atoms with E-state index in [4.69, 9.17) is 4.74 Å². The van der Waals surface area contributed by atoms with Crippen molar-refractivity contribution < 1.29 is 4.74 Å². The van der Waals surface area contributed by atoms with Gasteiger partial charge in [0.1, 0.15) is 24.5 Å². The Balaban J connectivity index is 1.31. The molecule has 2 aromatic heterocycles. The van der Waals surface area contributed by atoms with Crippen molar-refractivity contribution in [1.82, 2.24) is 24.6 Å². The number of piperazine rings is 1. The van der Waals surface area contributed by atoms with Crippen molar-refractivity contribution in [1.29, 1.82) is 0 Å². The number of anilines is 1. The van der Waals surface area contributed by atoms with Gasteiger partial charge in [0.2, 0.25) is 0 Å². The molecule has 27 heavy (non-hydrogen) atoms. The summed E-state index contributed by atoms with van der Waals surface area (Å²) in [6.07, 6.45) is 3.48.